The molecule has 0 bridgehead atoms. The molecule has 5 rings (SSSR count). The molecule has 0 saturated carbocycles. The lowest BCUT2D eigenvalue weighted by atomic mass is 10.0. The van der Waals surface area contributed by atoms with Crippen LogP contribution in [0.2, 0.25) is 0 Å². The van der Waals surface area contributed by atoms with Crippen LogP contribution in [0.5, 0.6) is 0 Å². The average molecular weight is 479 g/mol. The maximum Gasteiger partial charge on any atom is 0.255 e. The number of nitrogens with one attached hydrogen (secondary N) is 3. The number of ether oxygens (including phenoxy) is 1. The molecule has 4 heterocycles. The second kappa shape index (κ2) is 9.95. The average Bonchev–Trinajstić information content (AvgIpc) is 3.29. The molecule has 1 atom stereocenters. The molecule has 2 aromatic rings. The summed E-state index contributed by atoms with van der Waals surface area (Å²) in [5.74, 6) is -0.300. The van der Waals surface area contributed by atoms with E-state index in [0.29, 0.717) is 31.1 Å². The van der Waals surface area contributed by atoms with Gasteiger partial charge in [-0.05, 0) is 37.1 Å². The molecule has 184 valence electrons. The van der Waals surface area contributed by atoms with Crippen LogP contribution in [-0.2, 0) is 11.3 Å². The maximum absolute atomic E-state index is 15.4. The summed E-state index contributed by atoms with van der Waals surface area (Å²) in [4.78, 5) is 21.5. The van der Waals surface area contributed by atoms with Crippen molar-refractivity contribution in [2.45, 2.75) is 25.4 Å². The fraction of sp³-hybridized carbons (Fsp3) is 0.385. The van der Waals surface area contributed by atoms with E-state index in [1.165, 1.54) is 0 Å². The molecule has 2 saturated heterocycles. The van der Waals surface area contributed by atoms with E-state index in [2.05, 4.69) is 43.9 Å². The molecule has 3 aliphatic heterocycles. The Labute approximate surface area is 204 Å². The number of amides is 1. The number of carbonyl (C=O) groups is 1. The Hall–Kier alpha value is -3.59. The number of pyridine rings is 1. The van der Waals surface area contributed by atoms with E-state index in [0.717, 1.165) is 49.5 Å². The molecule has 2 fully saturated rings. The summed E-state index contributed by atoms with van der Waals surface area (Å²) in [6, 6.07) is 7.94. The Morgan fingerprint density at radius 3 is 2.89 bits per heavy atom. The normalized spacial score (nSPS) is 19.7. The third-order valence-electron chi connectivity index (χ3n) is 6.78. The summed E-state index contributed by atoms with van der Waals surface area (Å²) in [5, 5.41) is 9.30. The smallest absolute Gasteiger partial charge is 0.255 e. The van der Waals surface area contributed by atoms with Crippen molar-refractivity contribution >= 4 is 28.9 Å². The van der Waals surface area contributed by atoms with E-state index in [-0.39, 0.29) is 29.9 Å². The maximum atomic E-state index is 15.4. The first-order chi connectivity index (χ1) is 17.0. The van der Waals surface area contributed by atoms with E-state index in [9.17, 15) is 4.79 Å². The number of hydrogen-bond acceptors (Lipinski definition) is 7. The van der Waals surface area contributed by atoms with Crippen LogP contribution in [0, 0.1) is 5.82 Å². The number of carbonyl (C=O) groups excluding carboxylic acids is 1. The molecule has 1 amide bonds. The van der Waals surface area contributed by atoms with Crippen LogP contribution >= 0.6 is 0 Å². The third kappa shape index (κ3) is 4.81. The number of hydrogen-bond donors (Lipinski definition) is 3. The quantitative estimate of drug-likeness (QED) is 0.525. The van der Waals surface area contributed by atoms with Gasteiger partial charge in [0.2, 0.25) is 0 Å². The number of morpholine rings is 1. The van der Waals surface area contributed by atoms with Crippen molar-refractivity contribution in [3.05, 3.63) is 66.1 Å². The molecule has 1 unspecified atom stereocenters. The minimum atomic E-state index is -0.481. The molecule has 0 radical (unpaired) electrons. The highest BCUT2D eigenvalue weighted by Gasteiger charge is 2.31. The first-order valence-corrected chi connectivity index (χ1v) is 12.1. The molecule has 0 aliphatic carbocycles. The van der Waals surface area contributed by atoms with Crippen molar-refractivity contribution in [1.29, 1.82) is 0 Å². The van der Waals surface area contributed by atoms with Crippen molar-refractivity contribution in [2.24, 2.45) is 0 Å². The van der Waals surface area contributed by atoms with E-state index in [1.807, 2.05) is 24.3 Å². The standard InChI is InChI=1S/C26H31FN6O2/c1-3-17(2)33-9-5-7-19(16-33)30-25-23(27)21-15-28-26(34)22(21)24(31-25)29-18-6-4-8-20(14-18)32-10-12-35-13-11-32/h3-4,6,8,14,19H,1-2,5,7,9-13,15-16H2,(H,28,34)(H2,29,30,31). The number of allylic oxidation sites excluding steroid dienone is 1. The molecule has 3 aliphatic rings. The van der Waals surface area contributed by atoms with Gasteiger partial charge < -0.3 is 30.5 Å². The molecular weight excluding hydrogens is 447 g/mol. The predicted octanol–water partition coefficient (Wildman–Crippen LogP) is 3.62. The highest BCUT2D eigenvalue weighted by Crippen LogP contribution is 2.33. The molecule has 1 aromatic heterocycles. The molecule has 1 aromatic carbocycles. The van der Waals surface area contributed by atoms with Crippen LogP contribution in [0.15, 0.2) is 49.2 Å². The van der Waals surface area contributed by atoms with Crippen LogP contribution in [0.4, 0.5) is 27.4 Å². The van der Waals surface area contributed by atoms with Crippen LogP contribution < -0.4 is 20.9 Å². The van der Waals surface area contributed by atoms with Crippen LogP contribution in [0.3, 0.4) is 0 Å². The minimum Gasteiger partial charge on any atom is -0.378 e. The highest BCUT2D eigenvalue weighted by molar-refractivity contribution is 6.03. The Morgan fingerprint density at radius 1 is 1.26 bits per heavy atom. The number of nitrogens with zero attached hydrogens (tertiary/aromatic N) is 3. The van der Waals surface area contributed by atoms with E-state index >= 15 is 4.39 Å². The summed E-state index contributed by atoms with van der Waals surface area (Å²) in [6.45, 7) is 12.6. The summed E-state index contributed by atoms with van der Waals surface area (Å²) in [6.07, 6.45) is 3.58. The number of fused-ring (bicyclic) bond motifs is 1. The number of benzene rings is 1. The topological polar surface area (TPSA) is 81.8 Å². The Bertz CT molecular complexity index is 1150. The Morgan fingerprint density at radius 2 is 2.09 bits per heavy atom. The van der Waals surface area contributed by atoms with Crippen LogP contribution in [-0.4, -0.2) is 61.2 Å². The molecular formula is C26H31FN6O2. The van der Waals surface area contributed by atoms with Crippen LogP contribution in [0.25, 0.3) is 0 Å². The number of halogens is 1. The zero-order valence-electron chi connectivity index (χ0n) is 19.8. The summed E-state index contributed by atoms with van der Waals surface area (Å²) >= 11 is 0. The number of aromatic nitrogens is 1. The first-order valence-electron chi connectivity index (χ1n) is 12.1. The van der Waals surface area contributed by atoms with E-state index < -0.39 is 5.82 Å². The SMILES string of the molecule is C=CC(=C)N1CCCC(Nc2nc(Nc3cccc(N4CCOCC4)c3)c3c(c2F)CNC3=O)C1. The third-order valence-corrected chi connectivity index (χ3v) is 6.78. The molecule has 8 nitrogen and oxygen atoms in total. The number of anilines is 4. The number of piperidine rings is 1. The molecule has 3 N–H and O–H groups in total. The lowest BCUT2D eigenvalue weighted by Gasteiger charge is -2.35. The van der Waals surface area contributed by atoms with Crippen molar-refractivity contribution < 1.29 is 13.9 Å². The predicted molar refractivity (Wildman–Crippen MR) is 136 cm³/mol. The summed E-state index contributed by atoms with van der Waals surface area (Å²) < 4.78 is 20.9. The van der Waals surface area contributed by atoms with Gasteiger partial charge in [-0.1, -0.05) is 19.2 Å². The second-order valence-electron chi connectivity index (χ2n) is 9.06. The summed E-state index contributed by atoms with van der Waals surface area (Å²) in [5.41, 5.74) is 3.30. The van der Waals surface area contributed by atoms with Gasteiger partial charge in [-0.2, -0.15) is 0 Å². The Kier molecular flexibility index (Phi) is 6.59. The number of likely N-dealkylation sites (tertiary alicyclic amines) is 1. The van der Waals surface area contributed by atoms with Gasteiger partial charge in [0.25, 0.3) is 5.91 Å². The van der Waals surface area contributed by atoms with Gasteiger partial charge >= 0.3 is 0 Å². The van der Waals surface area contributed by atoms with E-state index in [4.69, 9.17) is 4.74 Å². The zero-order valence-corrected chi connectivity index (χ0v) is 19.8. The second-order valence-corrected chi connectivity index (χ2v) is 9.06. The van der Waals surface area contributed by atoms with Crippen molar-refractivity contribution in [3.8, 4) is 0 Å². The van der Waals surface area contributed by atoms with Gasteiger partial charge in [0.05, 0.1) is 18.8 Å². The number of rotatable bonds is 7. The van der Waals surface area contributed by atoms with Crippen molar-refractivity contribution in [2.75, 3.05) is 54.9 Å². The fourth-order valence-corrected chi connectivity index (χ4v) is 4.88. The van der Waals surface area contributed by atoms with Crippen molar-refractivity contribution in [1.82, 2.24) is 15.2 Å². The van der Waals surface area contributed by atoms with Crippen LogP contribution in [0.1, 0.15) is 28.8 Å². The minimum absolute atomic E-state index is 0.00284. The molecule has 0 spiro atoms. The summed E-state index contributed by atoms with van der Waals surface area (Å²) in [7, 11) is 0. The monoisotopic (exact) mass is 478 g/mol. The van der Waals surface area contributed by atoms with E-state index in [1.54, 1.807) is 6.08 Å². The Balaban J connectivity index is 1.42. The lowest BCUT2D eigenvalue weighted by molar-refractivity contribution is 0.0966. The fourth-order valence-electron chi connectivity index (χ4n) is 4.88. The van der Waals surface area contributed by atoms with Gasteiger partial charge in [0.15, 0.2) is 11.6 Å². The zero-order chi connectivity index (χ0) is 24.4. The van der Waals surface area contributed by atoms with Gasteiger partial charge in [-0.3, -0.25) is 4.79 Å². The first kappa shape index (κ1) is 23.2. The van der Waals surface area contributed by atoms with Crippen molar-refractivity contribution in [3.63, 3.8) is 0 Å². The largest absolute Gasteiger partial charge is 0.378 e. The molecule has 35 heavy (non-hydrogen) atoms. The molecule has 9 heteroatoms. The lowest BCUT2D eigenvalue weighted by Crippen LogP contribution is -2.41. The van der Waals surface area contributed by atoms with Gasteiger partial charge in [0, 0.05) is 61.4 Å². The van der Waals surface area contributed by atoms with Gasteiger partial charge in [-0.25, -0.2) is 9.37 Å². The van der Waals surface area contributed by atoms with Gasteiger partial charge in [0.1, 0.15) is 5.82 Å². The highest BCUT2D eigenvalue weighted by atomic mass is 19.1. The van der Waals surface area contributed by atoms with Gasteiger partial charge in [-0.15, -0.1) is 0 Å².